The second-order valence-corrected chi connectivity index (χ2v) is 5.32. The molecule has 0 saturated carbocycles. The zero-order valence-electron chi connectivity index (χ0n) is 12.6. The summed E-state index contributed by atoms with van der Waals surface area (Å²) in [4.78, 5) is 15.0. The van der Waals surface area contributed by atoms with Gasteiger partial charge in [-0.25, -0.2) is 15.0 Å². The molecular formula is C17H19N5. The number of hydrogen-bond donors (Lipinski definition) is 1. The fraction of sp³-hybridized carbons (Fsp3) is 0.235. The topological polar surface area (TPSA) is 67.9 Å². The zero-order chi connectivity index (χ0) is 15.4. The fourth-order valence-corrected chi connectivity index (χ4v) is 2.52. The number of hydrogen-bond acceptors (Lipinski definition) is 5. The molecule has 0 radical (unpaired) electrons. The number of pyridine rings is 1. The Hall–Kier alpha value is -2.69. The van der Waals surface area contributed by atoms with Gasteiger partial charge in [-0.15, -0.1) is 0 Å². The van der Waals surface area contributed by atoms with Gasteiger partial charge in [0.05, 0.1) is 5.39 Å². The number of aromatic nitrogens is 3. The van der Waals surface area contributed by atoms with Crippen molar-refractivity contribution in [2.75, 3.05) is 24.2 Å². The van der Waals surface area contributed by atoms with Crippen LogP contribution in [0.15, 0.2) is 48.8 Å². The predicted octanol–water partition coefficient (Wildman–Crippen LogP) is 2.68. The first-order valence-corrected chi connectivity index (χ1v) is 7.36. The summed E-state index contributed by atoms with van der Waals surface area (Å²) in [6.07, 6.45) is 3.66. The highest BCUT2D eigenvalue weighted by Gasteiger charge is 2.09. The molecule has 2 N–H and O–H groups in total. The summed E-state index contributed by atoms with van der Waals surface area (Å²) in [5.41, 5.74) is 7.71. The predicted molar refractivity (Wildman–Crippen MR) is 89.8 cm³/mol. The van der Waals surface area contributed by atoms with E-state index in [2.05, 4.69) is 44.1 Å². The van der Waals surface area contributed by atoms with Crippen molar-refractivity contribution in [1.82, 2.24) is 15.0 Å². The van der Waals surface area contributed by atoms with Crippen molar-refractivity contribution in [2.24, 2.45) is 0 Å². The molecule has 0 aliphatic rings. The molecule has 3 rings (SSSR count). The van der Waals surface area contributed by atoms with Crippen molar-refractivity contribution in [2.45, 2.75) is 12.8 Å². The average Bonchev–Trinajstić information content (AvgIpc) is 2.55. The molecule has 3 aromatic rings. The number of nitrogens with two attached hydrogens (primary N) is 1. The Morgan fingerprint density at radius 1 is 1.05 bits per heavy atom. The summed E-state index contributed by atoms with van der Waals surface area (Å²) in [5.74, 6) is 1.37. The van der Waals surface area contributed by atoms with Crippen LogP contribution in [0.5, 0.6) is 0 Å². The lowest BCUT2D eigenvalue weighted by atomic mass is 10.1. The highest BCUT2D eigenvalue weighted by molar-refractivity contribution is 5.87. The minimum atomic E-state index is 0.476. The van der Waals surface area contributed by atoms with E-state index in [0.29, 0.717) is 11.5 Å². The van der Waals surface area contributed by atoms with Crippen LogP contribution in [0.1, 0.15) is 12.0 Å². The largest absolute Gasteiger partial charge is 0.384 e. The number of rotatable bonds is 5. The molecule has 0 atom stereocenters. The van der Waals surface area contributed by atoms with Gasteiger partial charge >= 0.3 is 0 Å². The number of nitrogens with zero attached hydrogens (tertiary/aromatic N) is 4. The second kappa shape index (κ2) is 6.39. The normalized spacial score (nSPS) is 10.8. The molecule has 2 aromatic heterocycles. The smallest absolute Gasteiger partial charge is 0.166 e. The molecule has 0 saturated heterocycles. The Bertz CT molecular complexity index is 757. The van der Waals surface area contributed by atoms with Crippen LogP contribution in [-0.2, 0) is 6.42 Å². The van der Waals surface area contributed by atoms with Crippen molar-refractivity contribution in [3.8, 4) is 0 Å². The van der Waals surface area contributed by atoms with E-state index < -0.39 is 0 Å². The Morgan fingerprint density at radius 2 is 1.86 bits per heavy atom. The second-order valence-electron chi connectivity index (χ2n) is 5.32. The summed E-state index contributed by atoms with van der Waals surface area (Å²) in [6.45, 7) is 0.922. The van der Waals surface area contributed by atoms with Crippen LogP contribution in [-0.4, -0.2) is 28.5 Å². The maximum absolute atomic E-state index is 5.71. The molecule has 112 valence electrons. The zero-order valence-corrected chi connectivity index (χ0v) is 12.6. The number of anilines is 2. The van der Waals surface area contributed by atoms with Crippen LogP contribution in [0.25, 0.3) is 11.0 Å². The number of aryl methyl sites for hydroxylation is 1. The maximum atomic E-state index is 5.71. The van der Waals surface area contributed by atoms with Crippen LogP contribution >= 0.6 is 0 Å². The van der Waals surface area contributed by atoms with Gasteiger partial charge in [-0.05, 0) is 30.5 Å². The van der Waals surface area contributed by atoms with Crippen LogP contribution < -0.4 is 10.6 Å². The molecule has 5 heteroatoms. The van der Waals surface area contributed by atoms with E-state index >= 15 is 0 Å². The first-order chi connectivity index (χ1) is 10.7. The van der Waals surface area contributed by atoms with E-state index in [4.69, 9.17) is 5.73 Å². The molecule has 0 fully saturated rings. The van der Waals surface area contributed by atoms with Gasteiger partial charge < -0.3 is 10.6 Å². The SMILES string of the molecule is CN(CCCc1ccccc1)c1ncnc2nc(N)ccc12. The van der Waals surface area contributed by atoms with Crippen molar-refractivity contribution in [3.63, 3.8) is 0 Å². The lowest BCUT2D eigenvalue weighted by molar-refractivity contribution is 0.778. The van der Waals surface area contributed by atoms with Crippen molar-refractivity contribution in [3.05, 3.63) is 54.4 Å². The molecular weight excluding hydrogens is 274 g/mol. The van der Waals surface area contributed by atoms with Crippen LogP contribution in [0, 0.1) is 0 Å². The highest BCUT2D eigenvalue weighted by Crippen LogP contribution is 2.21. The van der Waals surface area contributed by atoms with E-state index in [0.717, 1.165) is 30.6 Å². The van der Waals surface area contributed by atoms with Gasteiger partial charge in [-0.3, -0.25) is 0 Å². The van der Waals surface area contributed by atoms with E-state index in [1.807, 2.05) is 19.2 Å². The Balaban J connectivity index is 1.71. The molecule has 0 bridgehead atoms. The number of benzene rings is 1. The van der Waals surface area contributed by atoms with Crippen molar-refractivity contribution in [1.29, 1.82) is 0 Å². The molecule has 0 amide bonds. The third kappa shape index (κ3) is 3.14. The third-order valence-corrected chi connectivity index (χ3v) is 3.66. The molecule has 5 nitrogen and oxygen atoms in total. The molecule has 0 aliphatic carbocycles. The monoisotopic (exact) mass is 293 g/mol. The van der Waals surface area contributed by atoms with Gasteiger partial charge in [-0.1, -0.05) is 30.3 Å². The third-order valence-electron chi connectivity index (χ3n) is 3.66. The van der Waals surface area contributed by atoms with Gasteiger partial charge in [0.2, 0.25) is 0 Å². The van der Waals surface area contributed by atoms with Gasteiger partial charge in [0.15, 0.2) is 5.65 Å². The van der Waals surface area contributed by atoms with E-state index in [1.165, 1.54) is 11.9 Å². The summed E-state index contributed by atoms with van der Waals surface area (Å²) >= 11 is 0. The molecule has 2 heterocycles. The fourth-order valence-electron chi connectivity index (χ4n) is 2.52. The average molecular weight is 293 g/mol. The molecule has 1 aromatic carbocycles. The summed E-state index contributed by atoms with van der Waals surface area (Å²) in [6, 6.07) is 14.2. The minimum absolute atomic E-state index is 0.476. The lowest BCUT2D eigenvalue weighted by Crippen LogP contribution is -2.20. The Labute approximate surface area is 129 Å². The quantitative estimate of drug-likeness (QED) is 0.783. The van der Waals surface area contributed by atoms with Crippen molar-refractivity contribution >= 4 is 22.7 Å². The summed E-state index contributed by atoms with van der Waals surface area (Å²) < 4.78 is 0. The minimum Gasteiger partial charge on any atom is -0.384 e. The Kier molecular flexibility index (Phi) is 4.14. The first kappa shape index (κ1) is 14.3. The lowest BCUT2D eigenvalue weighted by Gasteiger charge is -2.19. The van der Waals surface area contributed by atoms with E-state index in [-0.39, 0.29) is 0 Å². The maximum Gasteiger partial charge on any atom is 0.166 e. The van der Waals surface area contributed by atoms with Gasteiger partial charge in [0.25, 0.3) is 0 Å². The van der Waals surface area contributed by atoms with E-state index in [9.17, 15) is 0 Å². The van der Waals surface area contributed by atoms with E-state index in [1.54, 1.807) is 6.07 Å². The molecule has 0 aliphatic heterocycles. The van der Waals surface area contributed by atoms with Gasteiger partial charge in [-0.2, -0.15) is 0 Å². The summed E-state index contributed by atoms with van der Waals surface area (Å²) in [5, 5.41) is 0.930. The standard InChI is InChI=1S/C17H19N5/c1-22(11-5-8-13-6-3-2-4-7-13)17-14-9-10-15(18)21-16(14)19-12-20-17/h2-4,6-7,9-10,12H,5,8,11H2,1H3,(H2,18,19,20,21). The number of fused-ring (bicyclic) bond motifs is 1. The first-order valence-electron chi connectivity index (χ1n) is 7.36. The van der Waals surface area contributed by atoms with Crippen LogP contribution in [0.3, 0.4) is 0 Å². The van der Waals surface area contributed by atoms with Crippen molar-refractivity contribution < 1.29 is 0 Å². The highest BCUT2D eigenvalue weighted by atomic mass is 15.2. The van der Waals surface area contributed by atoms with Crippen LogP contribution in [0.2, 0.25) is 0 Å². The van der Waals surface area contributed by atoms with Gasteiger partial charge in [0.1, 0.15) is 18.0 Å². The Morgan fingerprint density at radius 3 is 2.68 bits per heavy atom. The molecule has 0 spiro atoms. The number of nitrogen functional groups attached to an aromatic ring is 1. The summed E-state index contributed by atoms with van der Waals surface area (Å²) in [7, 11) is 2.04. The molecule has 0 unspecified atom stereocenters. The van der Waals surface area contributed by atoms with Crippen LogP contribution in [0.4, 0.5) is 11.6 Å². The molecule has 22 heavy (non-hydrogen) atoms. The van der Waals surface area contributed by atoms with Gasteiger partial charge in [0, 0.05) is 13.6 Å².